The number of hydrogen-bond donors (Lipinski definition) is 1. The summed E-state index contributed by atoms with van der Waals surface area (Å²) in [5.74, 6) is -0.211. The van der Waals surface area contributed by atoms with Gasteiger partial charge in [0.25, 0.3) is 5.91 Å². The third-order valence-electron chi connectivity index (χ3n) is 7.05. The van der Waals surface area contributed by atoms with E-state index in [4.69, 9.17) is 9.84 Å². The first-order valence-electron chi connectivity index (χ1n) is 10.2. The topological polar surface area (TPSA) is 99.5 Å². The number of nitrogens with zero attached hydrogens (tertiary/aromatic N) is 4. The average molecular weight is 405 g/mol. The van der Waals surface area contributed by atoms with Gasteiger partial charge in [0.2, 0.25) is 5.91 Å². The lowest BCUT2D eigenvalue weighted by atomic mass is 9.92. The van der Waals surface area contributed by atoms with Crippen molar-refractivity contribution in [2.75, 3.05) is 26.2 Å². The summed E-state index contributed by atoms with van der Waals surface area (Å²) in [6, 6.07) is -0.296. The fourth-order valence-electron chi connectivity index (χ4n) is 5.36. The van der Waals surface area contributed by atoms with Gasteiger partial charge in [0, 0.05) is 25.5 Å². The molecule has 9 nitrogen and oxygen atoms in total. The van der Waals surface area contributed by atoms with Crippen molar-refractivity contribution in [3.63, 3.8) is 0 Å². The van der Waals surface area contributed by atoms with Crippen LogP contribution in [0.3, 0.4) is 0 Å². The molecule has 0 saturated carbocycles. The molecule has 4 aliphatic heterocycles. The quantitative estimate of drug-likeness (QED) is 0.554. The van der Waals surface area contributed by atoms with Crippen molar-refractivity contribution in [3.05, 3.63) is 12.2 Å². The number of hydrogen-bond acceptors (Lipinski definition) is 5. The Balaban J connectivity index is 1.58. The summed E-state index contributed by atoms with van der Waals surface area (Å²) < 4.78 is 5.76. The maximum Gasteiger partial charge on any atom is 0.506 e. The molecule has 9 heteroatoms. The highest BCUT2D eigenvalue weighted by molar-refractivity contribution is 6.27. The van der Waals surface area contributed by atoms with Crippen LogP contribution in [0.2, 0.25) is 0 Å². The summed E-state index contributed by atoms with van der Waals surface area (Å²) in [5.41, 5.74) is -0.0914. The highest BCUT2D eigenvalue weighted by Crippen LogP contribution is 2.37. The molecular weight excluding hydrogens is 376 g/mol. The van der Waals surface area contributed by atoms with Gasteiger partial charge >= 0.3 is 6.16 Å². The second kappa shape index (κ2) is 6.83. The molecule has 29 heavy (non-hydrogen) atoms. The van der Waals surface area contributed by atoms with Crippen LogP contribution in [0.1, 0.15) is 33.6 Å². The molecule has 0 aliphatic carbocycles. The van der Waals surface area contributed by atoms with E-state index in [1.54, 1.807) is 17.1 Å². The van der Waals surface area contributed by atoms with Gasteiger partial charge in [0.15, 0.2) is 0 Å². The van der Waals surface area contributed by atoms with Crippen molar-refractivity contribution in [1.82, 2.24) is 9.80 Å². The Labute approximate surface area is 170 Å². The summed E-state index contributed by atoms with van der Waals surface area (Å²) in [5, 5.41) is 8.93. The maximum atomic E-state index is 12.8. The van der Waals surface area contributed by atoms with Gasteiger partial charge in [0.1, 0.15) is 30.9 Å². The van der Waals surface area contributed by atoms with Gasteiger partial charge in [-0.25, -0.2) is 4.79 Å². The fourth-order valence-corrected chi connectivity index (χ4v) is 5.36. The van der Waals surface area contributed by atoms with Crippen molar-refractivity contribution in [2.45, 2.75) is 63.5 Å². The smallest absolute Gasteiger partial charge is 0.450 e. The largest absolute Gasteiger partial charge is 0.506 e. The second-order valence-electron chi connectivity index (χ2n) is 9.46. The molecule has 2 fully saturated rings. The number of piperidine rings is 1. The number of carbonyl (C=O) groups excluding carboxylic acids is 2. The van der Waals surface area contributed by atoms with Crippen LogP contribution >= 0.6 is 0 Å². The predicted octanol–water partition coefficient (Wildman–Crippen LogP) is 0.847. The minimum atomic E-state index is -1.23. The Kier molecular flexibility index (Phi) is 4.68. The molecular formula is C20H29N4O5+. The molecule has 0 bridgehead atoms. The Morgan fingerprint density at radius 3 is 2.59 bits per heavy atom. The van der Waals surface area contributed by atoms with Crippen LogP contribution < -0.4 is 0 Å². The van der Waals surface area contributed by atoms with E-state index in [1.165, 1.54) is 6.21 Å². The maximum absolute atomic E-state index is 12.8. The Hall–Kier alpha value is -2.42. The molecule has 4 heterocycles. The third kappa shape index (κ3) is 3.31. The van der Waals surface area contributed by atoms with E-state index >= 15 is 0 Å². The minimum Gasteiger partial charge on any atom is -0.450 e. The molecule has 0 spiro atoms. The minimum absolute atomic E-state index is 0.0696. The standard InChI is InChI=1S/C20H28N4O5/c1-20(2,3)24(8-6-14(7-9-24)29-19(27)28)12-13-11-22-17(26)10-21-15-4-5-16(25)23(13)18(15)22/h4-5,10,13-15,18H,6-9,11-12H2,1-3H3/p+1. The number of likely N-dealkylation sites (tertiary alicyclic amines) is 1. The lowest BCUT2D eigenvalue weighted by Gasteiger charge is -2.53. The normalized spacial score (nSPS) is 36.4. The number of aliphatic imine (C=N–C) groups is 1. The Morgan fingerprint density at radius 1 is 1.28 bits per heavy atom. The highest BCUT2D eigenvalue weighted by atomic mass is 16.7. The van der Waals surface area contributed by atoms with Crippen molar-refractivity contribution in [2.24, 2.45) is 4.99 Å². The zero-order valence-corrected chi connectivity index (χ0v) is 17.2. The van der Waals surface area contributed by atoms with E-state index in [0.29, 0.717) is 19.4 Å². The van der Waals surface area contributed by atoms with Crippen LogP contribution in [0.15, 0.2) is 17.1 Å². The van der Waals surface area contributed by atoms with Gasteiger partial charge in [-0.15, -0.1) is 0 Å². The van der Waals surface area contributed by atoms with Crippen molar-refractivity contribution >= 4 is 24.2 Å². The molecule has 0 aromatic rings. The van der Waals surface area contributed by atoms with Gasteiger partial charge in [-0.3, -0.25) is 14.6 Å². The molecule has 158 valence electrons. The lowest BCUT2D eigenvalue weighted by molar-refractivity contribution is -0.976. The van der Waals surface area contributed by atoms with Crippen molar-refractivity contribution in [3.8, 4) is 0 Å². The summed E-state index contributed by atoms with van der Waals surface area (Å²) in [4.78, 5) is 44.0. The van der Waals surface area contributed by atoms with Crippen LogP contribution in [0.25, 0.3) is 0 Å². The Bertz CT molecular complexity index is 778. The van der Waals surface area contributed by atoms with E-state index in [-0.39, 0.29) is 41.7 Å². The van der Waals surface area contributed by atoms with E-state index in [1.807, 2.05) is 4.90 Å². The van der Waals surface area contributed by atoms with Crippen LogP contribution in [0.5, 0.6) is 0 Å². The summed E-state index contributed by atoms with van der Waals surface area (Å²) in [7, 11) is 0. The van der Waals surface area contributed by atoms with Crippen LogP contribution in [-0.4, -0.2) is 99.6 Å². The van der Waals surface area contributed by atoms with E-state index in [2.05, 4.69) is 25.8 Å². The molecule has 3 atom stereocenters. The molecule has 2 saturated heterocycles. The van der Waals surface area contributed by atoms with Crippen LogP contribution in [0.4, 0.5) is 4.79 Å². The van der Waals surface area contributed by atoms with Gasteiger partial charge in [-0.05, 0) is 20.8 Å². The predicted molar refractivity (Wildman–Crippen MR) is 104 cm³/mol. The van der Waals surface area contributed by atoms with E-state index < -0.39 is 6.16 Å². The number of carbonyl (C=O) groups is 3. The average Bonchev–Trinajstić information content (AvgIpc) is 3.02. The molecule has 4 rings (SSSR count). The summed E-state index contributed by atoms with van der Waals surface area (Å²) in [6.45, 7) is 9.32. The zero-order valence-electron chi connectivity index (χ0n) is 17.2. The van der Waals surface area contributed by atoms with Gasteiger partial charge in [0.05, 0.1) is 24.8 Å². The molecule has 0 aromatic carbocycles. The molecule has 1 N–H and O–H groups in total. The molecule has 4 aliphatic rings. The molecule has 0 radical (unpaired) electrons. The molecule has 3 unspecified atom stereocenters. The Morgan fingerprint density at radius 2 is 1.97 bits per heavy atom. The van der Waals surface area contributed by atoms with Crippen molar-refractivity contribution in [1.29, 1.82) is 0 Å². The number of ether oxygens (including phenoxy) is 1. The summed E-state index contributed by atoms with van der Waals surface area (Å²) in [6.07, 6.45) is 4.18. The van der Waals surface area contributed by atoms with Crippen molar-refractivity contribution < 1.29 is 28.7 Å². The molecule has 0 aromatic heterocycles. The highest BCUT2D eigenvalue weighted by Gasteiger charge is 2.54. The number of amides is 2. The monoisotopic (exact) mass is 405 g/mol. The number of quaternary nitrogens is 1. The van der Waals surface area contributed by atoms with Gasteiger partial charge < -0.3 is 24.1 Å². The van der Waals surface area contributed by atoms with E-state index in [9.17, 15) is 14.4 Å². The van der Waals surface area contributed by atoms with Crippen LogP contribution in [-0.2, 0) is 14.3 Å². The first-order valence-corrected chi connectivity index (χ1v) is 10.2. The molecule has 2 amide bonds. The first-order chi connectivity index (χ1) is 13.6. The first kappa shape index (κ1) is 19.9. The number of carboxylic acid groups (broad SMARTS) is 1. The van der Waals surface area contributed by atoms with Crippen LogP contribution in [0, 0.1) is 0 Å². The summed E-state index contributed by atoms with van der Waals surface area (Å²) >= 11 is 0. The van der Waals surface area contributed by atoms with E-state index in [0.717, 1.165) is 24.1 Å². The van der Waals surface area contributed by atoms with Gasteiger partial charge in [-0.2, -0.15) is 0 Å². The number of rotatable bonds is 3. The third-order valence-corrected chi connectivity index (χ3v) is 7.05. The second-order valence-corrected chi connectivity index (χ2v) is 9.46. The SMILES string of the molecule is CC(C)(C)[N+]1(CC2CN3C(=O)C=NC4C=CC(=O)N2C43)CCC(OC(=O)O)CC1. The fraction of sp³-hybridized carbons (Fsp3) is 0.700. The lowest BCUT2D eigenvalue weighted by Crippen LogP contribution is -2.68. The zero-order chi connectivity index (χ0) is 21.0. The van der Waals surface area contributed by atoms with Gasteiger partial charge in [-0.1, -0.05) is 6.08 Å².